The van der Waals surface area contributed by atoms with Gasteiger partial charge in [0, 0.05) is 6.61 Å². The van der Waals surface area contributed by atoms with Crippen LogP contribution >= 0.6 is 0 Å². The van der Waals surface area contributed by atoms with E-state index in [9.17, 15) is 0 Å². The average Bonchev–Trinajstić information content (AvgIpc) is 3.29. The number of hydrogen-bond acceptors (Lipinski definition) is 2. The van der Waals surface area contributed by atoms with Gasteiger partial charge in [-0.3, -0.25) is 0 Å². The van der Waals surface area contributed by atoms with E-state index in [2.05, 4.69) is 146 Å². The van der Waals surface area contributed by atoms with Crippen molar-refractivity contribution >= 4 is 23.9 Å². The minimum absolute atomic E-state index is 0.404. The van der Waals surface area contributed by atoms with Gasteiger partial charge in [-0.15, -0.1) is 0 Å². The number of ether oxygens (including phenoxy) is 1. The van der Waals surface area contributed by atoms with Gasteiger partial charge in [0.15, 0.2) is 0 Å². The minimum Gasteiger partial charge on any atom is -0.403 e. The Morgan fingerprint density at radius 1 is 0.513 bits per heavy atom. The Kier molecular flexibility index (Phi) is 7.29. The van der Waals surface area contributed by atoms with E-state index >= 15 is 0 Å². The summed E-state index contributed by atoms with van der Waals surface area (Å²) in [5.74, 6) is 0. The Labute approximate surface area is 233 Å². The molecule has 1 aliphatic rings. The van der Waals surface area contributed by atoms with Crippen LogP contribution in [0.1, 0.15) is 24.5 Å². The molecule has 2 nitrogen and oxygen atoms in total. The second-order valence-electron chi connectivity index (χ2n) is 10.3. The highest BCUT2D eigenvalue weighted by atomic mass is 28.4. The third kappa shape index (κ3) is 4.47. The van der Waals surface area contributed by atoms with Crippen LogP contribution in [0.4, 0.5) is 0 Å². The van der Waals surface area contributed by atoms with Crippen LogP contribution in [-0.4, -0.2) is 28.1 Å². The third-order valence-corrected chi connectivity index (χ3v) is 12.0. The number of benzene rings is 5. The number of fused-ring (bicyclic) bond motifs is 3. The fourth-order valence-electron chi connectivity index (χ4n) is 6.16. The third-order valence-electron chi connectivity index (χ3n) is 7.95. The predicted molar refractivity (Wildman–Crippen MR) is 164 cm³/mol. The van der Waals surface area contributed by atoms with Crippen molar-refractivity contribution in [1.82, 2.24) is 0 Å². The van der Waals surface area contributed by atoms with Gasteiger partial charge in [0.2, 0.25) is 0 Å². The van der Waals surface area contributed by atoms with E-state index in [-0.39, 0.29) is 0 Å². The summed E-state index contributed by atoms with van der Waals surface area (Å²) in [6.07, 6.45) is 0.983. The van der Waals surface area contributed by atoms with Gasteiger partial charge in [0.25, 0.3) is 8.32 Å². The smallest absolute Gasteiger partial charge is 0.288 e. The van der Waals surface area contributed by atoms with Crippen molar-refractivity contribution in [3.8, 4) is 11.1 Å². The molecular weight excluding hydrogens is 492 g/mol. The zero-order valence-corrected chi connectivity index (χ0v) is 23.4. The van der Waals surface area contributed by atoms with Gasteiger partial charge in [0.05, 0.1) is 18.6 Å². The lowest BCUT2D eigenvalue weighted by atomic mass is 9.79. The Bertz CT molecular complexity index is 1370. The summed E-state index contributed by atoms with van der Waals surface area (Å²) in [5, 5.41) is 3.73. The molecule has 3 heteroatoms. The maximum Gasteiger partial charge on any atom is 0.288 e. The molecule has 0 amide bonds. The first kappa shape index (κ1) is 25.5. The van der Waals surface area contributed by atoms with Gasteiger partial charge in [-0.25, -0.2) is 0 Å². The lowest BCUT2D eigenvalue weighted by Gasteiger charge is -2.39. The second-order valence-corrected chi connectivity index (χ2v) is 13.7. The molecule has 0 bridgehead atoms. The van der Waals surface area contributed by atoms with E-state index in [4.69, 9.17) is 9.16 Å². The molecule has 0 spiro atoms. The molecule has 5 aromatic rings. The van der Waals surface area contributed by atoms with Crippen molar-refractivity contribution < 1.29 is 9.16 Å². The van der Waals surface area contributed by atoms with E-state index in [0.29, 0.717) is 13.2 Å². The van der Waals surface area contributed by atoms with Crippen LogP contribution in [0, 0.1) is 0 Å². The molecule has 1 aliphatic carbocycles. The normalized spacial score (nSPS) is 13.6. The van der Waals surface area contributed by atoms with Crippen molar-refractivity contribution in [2.45, 2.75) is 18.8 Å². The SMILES string of the molecule is CCCOCC1(CO[Si](c2ccccc2)(c2ccccc2)c2ccccc2)c2ccccc2-c2ccccc21. The zero-order valence-electron chi connectivity index (χ0n) is 22.4. The van der Waals surface area contributed by atoms with Crippen molar-refractivity contribution in [2.75, 3.05) is 19.8 Å². The van der Waals surface area contributed by atoms with Gasteiger partial charge in [0.1, 0.15) is 0 Å². The molecule has 0 atom stereocenters. The summed E-state index contributed by atoms with van der Waals surface area (Å²) in [4.78, 5) is 0. The van der Waals surface area contributed by atoms with Crippen LogP contribution < -0.4 is 15.6 Å². The lowest BCUT2D eigenvalue weighted by molar-refractivity contribution is 0.0754. The molecule has 6 rings (SSSR count). The van der Waals surface area contributed by atoms with Crippen molar-refractivity contribution in [3.05, 3.63) is 151 Å². The maximum absolute atomic E-state index is 7.58. The fourth-order valence-corrected chi connectivity index (χ4v) is 10.1. The van der Waals surface area contributed by atoms with Crippen LogP contribution in [0.5, 0.6) is 0 Å². The summed E-state index contributed by atoms with van der Waals surface area (Å²) in [5.41, 5.74) is 4.74. The summed E-state index contributed by atoms with van der Waals surface area (Å²) >= 11 is 0. The molecule has 0 aromatic heterocycles. The molecule has 0 N–H and O–H groups in total. The summed E-state index contributed by atoms with van der Waals surface area (Å²) in [7, 11) is -2.88. The lowest BCUT2D eigenvalue weighted by Crippen LogP contribution is -2.70. The topological polar surface area (TPSA) is 18.5 Å². The maximum atomic E-state index is 7.58. The van der Waals surface area contributed by atoms with E-state index in [1.54, 1.807) is 0 Å². The highest BCUT2D eigenvalue weighted by Gasteiger charge is 2.48. The molecule has 39 heavy (non-hydrogen) atoms. The average molecular weight is 527 g/mol. The highest BCUT2D eigenvalue weighted by molar-refractivity contribution is 7.07. The monoisotopic (exact) mass is 526 g/mol. The molecule has 194 valence electrons. The van der Waals surface area contributed by atoms with Crippen molar-refractivity contribution in [1.29, 1.82) is 0 Å². The van der Waals surface area contributed by atoms with E-state index < -0.39 is 13.7 Å². The molecule has 0 heterocycles. The molecule has 0 saturated carbocycles. The molecule has 0 saturated heterocycles. The second kappa shape index (κ2) is 11.2. The van der Waals surface area contributed by atoms with Crippen molar-refractivity contribution in [3.63, 3.8) is 0 Å². The first-order valence-electron chi connectivity index (χ1n) is 13.9. The Balaban J connectivity index is 1.55. The van der Waals surface area contributed by atoms with E-state index in [1.807, 2.05) is 0 Å². The largest absolute Gasteiger partial charge is 0.403 e. The Hall–Kier alpha value is -3.76. The van der Waals surface area contributed by atoms with Gasteiger partial charge >= 0.3 is 0 Å². The van der Waals surface area contributed by atoms with E-state index in [1.165, 1.54) is 37.8 Å². The number of hydrogen-bond donors (Lipinski definition) is 0. The summed E-state index contributed by atoms with van der Waals surface area (Å²) in [6, 6.07) is 50.1. The van der Waals surface area contributed by atoms with Crippen molar-refractivity contribution in [2.24, 2.45) is 0 Å². The summed E-state index contributed by atoms with van der Waals surface area (Å²) in [6.45, 7) is 4.00. The van der Waals surface area contributed by atoms with Crippen LogP contribution in [0.25, 0.3) is 11.1 Å². The van der Waals surface area contributed by atoms with Crippen LogP contribution in [-0.2, 0) is 14.6 Å². The van der Waals surface area contributed by atoms with Gasteiger partial charge < -0.3 is 9.16 Å². The minimum atomic E-state index is -2.88. The predicted octanol–water partition coefficient (Wildman–Crippen LogP) is 6.06. The zero-order chi connectivity index (χ0) is 26.5. The molecular formula is C36H34O2Si. The molecule has 0 radical (unpaired) electrons. The van der Waals surface area contributed by atoms with Gasteiger partial charge in [-0.05, 0) is 44.2 Å². The van der Waals surface area contributed by atoms with Gasteiger partial charge in [-0.1, -0.05) is 146 Å². The number of rotatable bonds is 10. The molecule has 0 fully saturated rings. The first-order chi connectivity index (χ1) is 19.3. The van der Waals surface area contributed by atoms with Gasteiger partial charge in [-0.2, -0.15) is 0 Å². The standard InChI is InChI=1S/C36H34O2Si/c1-2-26-37-27-36(34-24-14-12-22-32(34)33-23-13-15-25-35(33)36)28-38-39(29-16-6-3-7-17-29,30-18-8-4-9-19-30)31-20-10-5-11-21-31/h3-25H,2,26-28H2,1H3. The van der Waals surface area contributed by atoms with Crippen LogP contribution in [0.3, 0.4) is 0 Å². The summed E-state index contributed by atoms with van der Waals surface area (Å²) < 4.78 is 14.0. The fraction of sp³-hybridized carbons (Fsp3) is 0.167. The molecule has 0 aliphatic heterocycles. The van der Waals surface area contributed by atoms with E-state index in [0.717, 1.165) is 13.0 Å². The Morgan fingerprint density at radius 2 is 0.923 bits per heavy atom. The Morgan fingerprint density at radius 3 is 1.36 bits per heavy atom. The quantitative estimate of drug-likeness (QED) is 0.125. The first-order valence-corrected chi connectivity index (χ1v) is 15.8. The molecule has 5 aromatic carbocycles. The van der Waals surface area contributed by atoms with Crippen LogP contribution in [0.15, 0.2) is 140 Å². The highest BCUT2D eigenvalue weighted by Crippen LogP contribution is 2.49. The molecule has 0 unspecified atom stereocenters. The van der Waals surface area contributed by atoms with Crippen LogP contribution in [0.2, 0.25) is 0 Å².